The summed E-state index contributed by atoms with van der Waals surface area (Å²) in [6, 6.07) is 12.3. The summed E-state index contributed by atoms with van der Waals surface area (Å²) in [5.74, 6) is 0.181. The molecule has 1 aliphatic rings. The number of sulfone groups is 1. The van der Waals surface area contributed by atoms with Crippen LogP contribution in [0.25, 0.3) is 0 Å². The molecular weight excluding hydrogens is 282 g/mol. The Bertz CT molecular complexity index is 601. The first-order valence-corrected chi connectivity index (χ1v) is 9.31. The second-order valence-corrected chi connectivity index (χ2v) is 8.68. The highest BCUT2D eigenvalue weighted by molar-refractivity contribution is 7.92. The van der Waals surface area contributed by atoms with Crippen molar-refractivity contribution in [2.45, 2.75) is 44.3 Å². The number of hydrogen-bond acceptors (Lipinski definition) is 3. The lowest BCUT2D eigenvalue weighted by Crippen LogP contribution is -2.37. The van der Waals surface area contributed by atoms with Crippen LogP contribution < -0.4 is 0 Å². The molecule has 21 heavy (non-hydrogen) atoms. The van der Waals surface area contributed by atoms with Crippen LogP contribution in [0.4, 0.5) is 0 Å². The monoisotopic (exact) mass is 305 g/mol. The summed E-state index contributed by atoms with van der Waals surface area (Å²) in [6.07, 6.45) is 2.16. The predicted octanol–water partition coefficient (Wildman–Crippen LogP) is 3.53. The number of benzene rings is 1. The third kappa shape index (κ3) is 3.85. The molecule has 114 valence electrons. The van der Waals surface area contributed by atoms with E-state index < -0.39 is 15.1 Å². The minimum Gasteiger partial charge on any atom is -0.228 e. The van der Waals surface area contributed by atoms with Crippen molar-refractivity contribution in [2.75, 3.05) is 5.75 Å². The first-order chi connectivity index (χ1) is 9.94. The van der Waals surface area contributed by atoms with Gasteiger partial charge >= 0.3 is 0 Å². The molecule has 3 unspecified atom stereocenters. The fraction of sp³-hybridized carbons (Fsp3) is 0.588. The van der Waals surface area contributed by atoms with E-state index in [0.717, 1.165) is 6.42 Å². The van der Waals surface area contributed by atoms with Gasteiger partial charge in [0.25, 0.3) is 0 Å². The molecule has 0 spiro atoms. The van der Waals surface area contributed by atoms with Crippen LogP contribution in [0.1, 0.15) is 44.6 Å². The predicted molar refractivity (Wildman–Crippen MR) is 84.5 cm³/mol. The van der Waals surface area contributed by atoms with E-state index >= 15 is 0 Å². The van der Waals surface area contributed by atoms with E-state index in [-0.39, 0.29) is 23.5 Å². The topological polar surface area (TPSA) is 57.9 Å². The second kappa shape index (κ2) is 6.62. The molecule has 4 heteroatoms. The van der Waals surface area contributed by atoms with Crippen LogP contribution in [0.2, 0.25) is 0 Å². The molecule has 1 aromatic carbocycles. The fourth-order valence-corrected chi connectivity index (χ4v) is 5.69. The average molecular weight is 305 g/mol. The van der Waals surface area contributed by atoms with E-state index in [1.165, 1.54) is 5.56 Å². The molecule has 1 saturated carbocycles. The number of nitriles is 1. The third-order valence-corrected chi connectivity index (χ3v) is 6.83. The van der Waals surface area contributed by atoms with Gasteiger partial charge in [0, 0.05) is 0 Å². The van der Waals surface area contributed by atoms with E-state index in [1.807, 2.05) is 32.0 Å². The molecule has 1 aromatic rings. The van der Waals surface area contributed by atoms with E-state index in [0.29, 0.717) is 12.8 Å². The Morgan fingerprint density at radius 3 is 2.48 bits per heavy atom. The third-order valence-electron chi connectivity index (χ3n) is 4.26. The summed E-state index contributed by atoms with van der Waals surface area (Å²) >= 11 is 0. The van der Waals surface area contributed by atoms with E-state index in [2.05, 4.69) is 18.2 Å². The summed E-state index contributed by atoms with van der Waals surface area (Å²) in [5, 5.41) is 8.79. The van der Waals surface area contributed by atoms with Gasteiger partial charge in [0.15, 0.2) is 9.84 Å². The molecule has 1 aliphatic carbocycles. The van der Waals surface area contributed by atoms with Gasteiger partial charge in [-0.2, -0.15) is 5.26 Å². The van der Waals surface area contributed by atoms with Gasteiger partial charge in [0.05, 0.1) is 23.0 Å². The Hall–Kier alpha value is -1.34. The molecule has 1 fully saturated rings. The van der Waals surface area contributed by atoms with E-state index in [4.69, 9.17) is 0 Å². The molecule has 0 saturated heterocycles. The van der Waals surface area contributed by atoms with Gasteiger partial charge in [-0.05, 0) is 36.7 Å². The maximum Gasteiger partial charge on any atom is 0.154 e. The van der Waals surface area contributed by atoms with Crippen molar-refractivity contribution in [1.29, 1.82) is 5.26 Å². The van der Waals surface area contributed by atoms with Crippen LogP contribution in [-0.2, 0) is 9.84 Å². The van der Waals surface area contributed by atoms with Crippen LogP contribution in [-0.4, -0.2) is 19.4 Å². The van der Waals surface area contributed by atoms with Crippen molar-refractivity contribution in [3.8, 4) is 6.07 Å². The fourth-order valence-electron chi connectivity index (χ4n) is 3.29. The normalized spacial score (nSPS) is 26.5. The van der Waals surface area contributed by atoms with Gasteiger partial charge in [-0.15, -0.1) is 0 Å². The lowest BCUT2D eigenvalue weighted by atomic mass is 9.79. The summed E-state index contributed by atoms with van der Waals surface area (Å²) in [7, 11) is -3.21. The van der Waals surface area contributed by atoms with Gasteiger partial charge in [-0.25, -0.2) is 8.42 Å². The Balaban J connectivity index is 2.23. The minimum absolute atomic E-state index is 0.103. The van der Waals surface area contributed by atoms with Crippen molar-refractivity contribution in [3.63, 3.8) is 0 Å². The lowest BCUT2D eigenvalue weighted by molar-refractivity contribution is 0.377. The Morgan fingerprint density at radius 2 is 1.90 bits per heavy atom. The van der Waals surface area contributed by atoms with Gasteiger partial charge in [-0.3, -0.25) is 0 Å². The van der Waals surface area contributed by atoms with Gasteiger partial charge in [-0.1, -0.05) is 44.2 Å². The lowest BCUT2D eigenvalue weighted by Gasteiger charge is -2.33. The second-order valence-electron chi connectivity index (χ2n) is 6.42. The molecule has 0 heterocycles. The quantitative estimate of drug-likeness (QED) is 0.855. The highest BCUT2D eigenvalue weighted by Gasteiger charge is 2.39. The molecule has 2 rings (SSSR count). The Kier molecular flexibility index (Phi) is 5.05. The number of rotatable bonds is 4. The minimum atomic E-state index is -3.21. The van der Waals surface area contributed by atoms with Crippen LogP contribution >= 0.6 is 0 Å². The maximum absolute atomic E-state index is 12.6. The molecule has 0 bridgehead atoms. The average Bonchev–Trinajstić information content (AvgIpc) is 2.46. The molecule has 3 atom stereocenters. The molecule has 0 aromatic heterocycles. The van der Waals surface area contributed by atoms with Crippen LogP contribution in [0, 0.1) is 23.2 Å². The Labute approximate surface area is 127 Å². The van der Waals surface area contributed by atoms with Crippen molar-refractivity contribution in [1.82, 2.24) is 0 Å². The number of hydrogen-bond donors (Lipinski definition) is 0. The largest absolute Gasteiger partial charge is 0.228 e. The smallest absolute Gasteiger partial charge is 0.154 e. The van der Waals surface area contributed by atoms with Crippen molar-refractivity contribution < 1.29 is 8.42 Å². The van der Waals surface area contributed by atoms with E-state index in [1.54, 1.807) is 0 Å². The first-order valence-electron chi connectivity index (χ1n) is 7.60. The zero-order valence-electron chi connectivity index (χ0n) is 12.7. The van der Waals surface area contributed by atoms with Crippen molar-refractivity contribution >= 4 is 9.84 Å². The summed E-state index contributed by atoms with van der Waals surface area (Å²) < 4.78 is 25.2. The molecular formula is C17H23NO2S. The SMILES string of the molecule is CC(C)CS(=O)(=O)C1CC(c2ccccc2)CCC1C#N. The summed E-state index contributed by atoms with van der Waals surface area (Å²) in [4.78, 5) is 0. The molecule has 0 aliphatic heterocycles. The molecule has 3 nitrogen and oxygen atoms in total. The van der Waals surface area contributed by atoms with Crippen LogP contribution in [0.15, 0.2) is 30.3 Å². The number of nitrogens with zero attached hydrogens (tertiary/aromatic N) is 1. The highest BCUT2D eigenvalue weighted by Crippen LogP contribution is 2.39. The van der Waals surface area contributed by atoms with Gasteiger partial charge in [0.2, 0.25) is 0 Å². The zero-order chi connectivity index (χ0) is 15.5. The zero-order valence-corrected chi connectivity index (χ0v) is 13.5. The summed E-state index contributed by atoms with van der Waals surface area (Å²) in [5.41, 5.74) is 1.19. The van der Waals surface area contributed by atoms with Crippen molar-refractivity contribution in [2.24, 2.45) is 11.8 Å². The molecule has 0 N–H and O–H groups in total. The Morgan fingerprint density at radius 1 is 1.24 bits per heavy atom. The summed E-state index contributed by atoms with van der Waals surface area (Å²) in [6.45, 7) is 3.83. The molecule has 0 radical (unpaired) electrons. The maximum atomic E-state index is 12.6. The van der Waals surface area contributed by atoms with Crippen molar-refractivity contribution in [3.05, 3.63) is 35.9 Å². The van der Waals surface area contributed by atoms with Crippen LogP contribution in [0.3, 0.4) is 0 Å². The van der Waals surface area contributed by atoms with Gasteiger partial charge in [0.1, 0.15) is 0 Å². The standard InChI is InChI=1S/C17H23NO2S/c1-13(2)12-21(19,20)17-10-15(8-9-16(17)11-18)14-6-4-3-5-7-14/h3-7,13,15-17H,8-10,12H2,1-2H3. The van der Waals surface area contributed by atoms with Crippen LogP contribution in [0.5, 0.6) is 0 Å². The highest BCUT2D eigenvalue weighted by atomic mass is 32.2. The first kappa shape index (κ1) is 16.0. The van der Waals surface area contributed by atoms with Gasteiger partial charge < -0.3 is 0 Å². The molecule has 0 amide bonds. The van der Waals surface area contributed by atoms with E-state index in [9.17, 15) is 13.7 Å².